The summed E-state index contributed by atoms with van der Waals surface area (Å²) in [6.45, 7) is 1.86. The first kappa shape index (κ1) is 22.2. The van der Waals surface area contributed by atoms with Gasteiger partial charge in [-0.2, -0.15) is 0 Å². The third kappa shape index (κ3) is 6.52. The lowest BCUT2D eigenvalue weighted by atomic mass is 10.1. The fourth-order valence-electron chi connectivity index (χ4n) is 2.73. The average molecular weight is 459 g/mol. The molecule has 3 rings (SSSR count). The molecule has 0 radical (unpaired) electrons. The quantitative estimate of drug-likeness (QED) is 0.413. The second kappa shape index (κ2) is 10.5. The zero-order valence-corrected chi connectivity index (χ0v) is 18.6. The van der Waals surface area contributed by atoms with Crippen LogP contribution in [-0.4, -0.2) is 17.6 Å². The highest BCUT2D eigenvalue weighted by atomic mass is 35.5. The Balaban J connectivity index is 1.53. The van der Waals surface area contributed by atoms with E-state index in [0.29, 0.717) is 21.4 Å². The number of hydrogen-bond acceptors (Lipinski definition) is 3. The van der Waals surface area contributed by atoms with Crippen LogP contribution in [0.2, 0.25) is 10.0 Å². The molecule has 3 aromatic rings. The van der Waals surface area contributed by atoms with E-state index in [-0.39, 0.29) is 24.0 Å². The summed E-state index contributed by atoms with van der Waals surface area (Å²) in [5.41, 5.74) is 3.11. The highest BCUT2D eigenvalue weighted by Crippen LogP contribution is 2.25. The van der Waals surface area contributed by atoms with Crippen molar-refractivity contribution in [3.05, 3.63) is 87.9 Å². The number of halogens is 2. The number of rotatable bonds is 7. The number of amides is 2. The van der Waals surface area contributed by atoms with Crippen LogP contribution >= 0.6 is 35.0 Å². The van der Waals surface area contributed by atoms with E-state index in [1.807, 2.05) is 49.4 Å². The zero-order chi connectivity index (χ0) is 21.5. The molecule has 2 amide bonds. The first-order valence-electron chi connectivity index (χ1n) is 9.23. The maximum absolute atomic E-state index is 12.3. The first-order chi connectivity index (χ1) is 14.4. The summed E-state index contributed by atoms with van der Waals surface area (Å²) in [5, 5.41) is 7.01. The SMILES string of the molecule is Cc1c(Cl)cccc1NC(=O)CSc1cccc(NC(=O)Cc2ccc(Cl)cc2)c1. The number of carbonyl (C=O) groups excluding carboxylic acids is 2. The van der Waals surface area contributed by atoms with Crippen molar-refractivity contribution in [1.82, 2.24) is 0 Å². The van der Waals surface area contributed by atoms with Gasteiger partial charge in [0.2, 0.25) is 11.8 Å². The predicted octanol–water partition coefficient (Wildman–Crippen LogP) is 6.21. The molecule has 0 fully saturated rings. The largest absolute Gasteiger partial charge is 0.326 e. The van der Waals surface area contributed by atoms with E-state index in [1.54, 1.807) is 24.3 Å². The fraction of sp³-hybridized carbons (Fsp3) is 0.130. The minimum absolute atomic E-state index is 0.117. The van der Waals surface area contributed by atoms with Crippen LogP contribution in [0.5, 0.6) is 0 Å². The van der Waals surface area contributed by atoms with Crippen molar-refractivity contribution >= 4 is 58.2 Å². The van der Waals surface area contributed by atoms with Gasteiger partial charge in [-0.1, -0.05) is 47.5 Å². The van der Waals surface area contributed by atoms with Crippen molar-refractivity contribution in [3.8, 4) is 0 Å². The second-order valence-electron chi connectivity index (χ2n) is 6.63. The molecule has 0 spiro atoms. The van der Waals surface area contributed by atoms with Crippen molar-refractivity contribution in [1.29, 1.82) is 0 Å². The molecule has 0 atom stereocenters. The van der Waals surface area contributed by atoms with Gasteiger partial charge in [0, 0.05) is 26.3 Å². The molecule has 0 unspecified atom stereocenters. The van der Waals surface area contributed by atoms with Crippen LogP contribution < -0.4 is 10.6 Å². The molecule has 154 valence electrons. The summed E-state index contributed by atoms with van der Waals surface area (Å²) < 4.78 is 0. The smallest absolute Gasteiger partial charge is 0.234 e. The van der Waals surface area contributed by atoms with Gasteiger partial charge in [-0.15, -0.1) is 11.8 Å². The van der Waals surface area contributed by atoms with Gasteiger partial charge < -0.3 is 10.6 Å². The Morgan fingerprint density at radius 1 is 0.900 bits per heavy atom. The van der Waals surface area contributed by atoms with E-state index in [4.69, 9.17) is 23.2 Å². The summed E-state index contributed by atoms with van der Waals surface area (Å²) in [6.07, 6.45) is 0.260. The highest BCUT2D eigenvalue weighted by molar-refractivity contribution is 8.00. The molecule has 30 heavy (non-hydrogen) atoms. The van der Waals surface area contributed by atoms with Crippen LogP contribution in [-0.2, 0) is 16.0 Å². The Labute approximate surface area is 190 Å². The molecular formula is C23H20Cl2N2O2S. The van der Waals surface area contributed by atoms with Crippen LogP contribution in [0.25, 0.3) is 0 Å². The summed E-state index contributed by atoms with van der Waals surface area (Å²) in [4.78, 5) is 25.5. The van der Waals surface area contributed by atoms with E-state index < -0.39 is 0 Å². The van der Waals surface area contributed by atoms with Gasteiger partial charge in [-0.25, -0.2) is 0 Å². The molecular weight excluding hydrogens is 439 g/mol. The van der Waals surface area contributed by atoms with Crippen LogP contribution in [0.1, 0.15) is 11.1 Å². The number of carbonyl (C=O) groups is 2. The zero-order valence-electron chi connectivity index (χ0n) is 16.2. The van der Waals surface area contributed by atoms with E-state index in [0.717, 1.165) is 16.0 Å². The molecule has 0 aliphatic carbocycles. The number of nitrogens with one attached hydrogen (secondary N) is 2. The lowest BCUT2D eigenvalue weighted by molar-refractivity contribution is -0.115. The second-order valence-corrected chi connectivity index (χ2v) is 8.52. The number of hydrogen-bond donors (Lipinski definition) is 2. The standard InChI is InChI=1S/C23H20Cl2N2O2S/c1-15-20(25)6-3-7-21(15)27-23(29)14-30-19-5-2-4-18(13-19)26-22(28)12-16-8-10-17(24)11-9-16/h2-11,13H,12,14H2,1H3,(H,26,28)(H,27,29). The summed E-state index contributed by atoms with van der Waals surface area (Å²) in [5.74, 6) is 0.00454. The predicted molar refractivity (Wildman–Crippen MR) is 126 cm³/mol. The molecule has 0 heterocycles. The topological polar surface area (TPSA) is 58.2 Å². The molecule has 2 N–H and O–H groups in total. The minimum atomic E-state index is -0.123. The van der Waals surface area contributed by atoms with E-state index >= 15 is 0 Å². The minimum Gasteiger partial charge on any atom is -0.326 e. The van der Waals surface area contributed by atoms with Crippen molar-refractivity contribution in [2.45, 2.75) is 18.2 Å². The van der Waals surface area contributed by atoms with E-state index in [9.17, 15) is 9.59 Å². The average Bonchev–Trinajstić information content (AvgIpc) is 2.72. The van der Waals surface area contributed by atoms with Crippen molar-refractivity contribution < 1.29 is 9.59 Å². The van der Waals surface area contributed by atoms with Crippen LogP contribution in [0, 0.1) is 6.92 Å². The molecule has 0 saturated carbocycles. The molecule has 0 aliphatic heterocycles. The monoisotopic (exact) mass is 458 g/mol. The molecule has 0 saturated heterocycles. The first-order valence-corrected chi connectivity index (χ1v) is 11.0. The number of anilines is 2. The Kier molecular flexibility index (Phi) is 7.80. The lowest BCUT2D eigenvalue weighted by Crippen LogP contribution is -2.15. The van der Waals surface area contributed by atoms with Gasteiger partial charge in [0.15, 0.2) is 0 Å². The van der Waals surface area contributed by atoms with Gasteiger partial charge in [0.1, 0.15) is 0 Å². The van der Waals surface area contributed by atoms with Crippen molar-refractivity contribution in [2.24, 2.45) is 0 Å². The van der Waals surface area contributed by atoms with Crippen LogP contribution in [0.15, 0.2) is 71.6 Å². The van der Waals surface area contributed by atoms with Gasteiger partial charge >= 0.3 is 0 Å². The lowest BCUT2D eigenvalue weighted by Gasteiger charge is -2.10. The molecule has 4 nitrogen and oxygen atoms in total. The highest BCUT2D eigenvalue weighted by Gasteiger charge is 2.09. The molecule has 0 aromatic heterocycles. The van der Waals surface area contributed by atoms with Crippen LogP contribution in [0.4, 0.5) is 11.4 Å². The van der Waals surface area contributed by atoms with Crippen LogP contribution in [0.3, 0.4) is 0 Å². The number of benzene rings is 3. The van der Waals surface area contributed by atoms with Gasteiger partial charge in [0.25, 0.3) is 0 Å². The van der Waals surface area contributed by atoms with E-state index in [1.165, 1.54) is 11.8 Å². The third-order valence-electron chi connectivity index (χ3n) is 4.31. The third-order valence-corrected chi connectivity index (χ3v) is 5.96. The summed E-state index contributed by atoms with van der Waals surface area (Å²) in [7, 11) is 0. The fourth-order valence-corrected chi connectivity index (χ4v) is 3.79. The van der Waals surface area contributed by atoms with Crippen molar-refractivity contribution in [3.63, 3.8) is 0 Å². The molecule has 0 aliphatic rings. The maximum Gasteiger partial charge on any atom is 0.234 e. The summed E-state index contributed by atoms with van der Waals surface area (Å²) >= 11 is 13.4. The molecule has 0 bridgehead atoms. The van der Waals surface area contributed by atoms with Gasteiger partial charge in [-0.3, -0.25) is 9.59 Å². The normalized spacial score (nSPS) is 10.5. The summed E-state index contributed by atoms with van der Waals surface area (Å²) in [6, 6.07) is 20.0. The molecule has 3 aromatic carbocycles. The molecule has 7 heteroatoms. The maximum atomic E-state index is 12.3. The van der Waals surface area contributed by atoms with Gasteiger partial charge in [0.05, 0.1) is 12.2 Å². The van der Waals surface area contributed by atoms with Gasteiger partial charge in [-0.05, 0) is 60.5 Å². The Hall–Kier alpha value is -2.47. The Morgan fingerprint density at radius 3 is 2.40 bits per heavy atom. The Bertz CT molecular complexity index is 1060. The Morgan fingerprint density at radius 2 is 1.63 bits per heavy atom. The van der Waals surface area contributed by atoms with Crippen molar-refractivity contribution in [2.75, 3.05) is 16.4 Å². The number of thioether (sulfide) groups is 1. The van der Waals surface area contributed by atoms with E-state index in [2.05, 4.69) is 10.6 Å².